The van der Waals surface area contributed by atoms with E-state index in [-0.39, 0.29) is 11.5 Å². The molecule has 1 heterocycles. The molecular weight excluding hydrogens is 248 g/mol. The third kappa shape index (κ3) is 3.74. The molecule has 1 aromatic carbocycles. The lowest BCUT2D eigenvalue weighted by atomic mass is 9.79. The van der Waals surface area contributed by atoms with Crippen molar-refractivity contribution >= 4 is 0 Å². The largest absolute Gasteiger partial charge is 0.491 e. The lowest BCUT2D eigenvalue weighted by Crippen LogP contribution is -2.52. The monoisotopic (exact) mass is 276 g/mol. The minimum atomic E-state index is 0.187. The Labute approximate surface area is 123 Å². The van der Waals surface area contributed by atoms with Gasteiger partial charge in [-0.3, -0.25) is 4.90 Å². The van der Waals surface area contributed by atoms with Gasteiger partial charge >= 0.3 is 0 Å². The summed E-state index contributed by atoms with van der Waals surface area (Å²) < 4.78 is 5.91. The van der Waals surface area contributed by atoms with Gasteiger partial charge in [0, 0.05) is 31.2 Å². The Morgan fingerprint density at radius 3 is 2.70 bits per heavy atom. The summed E-state index contributed by atoms with van der Waals surface area (Å²) in [5.74, 6) is 1.01. The topological polar surface area (TPSA) is 38.5 Å². The van der Waals surface area contributed by atoms with Crippen LogP contribution in [0.25, 0.3) is 0 Å². The number of ether oxygens (including phenoxy) is 1. The van der Waals surface area contributed by atoms with Gasteiger partial charge in [-0.05, 0) is 31.7 Å². The van der Waals surface area contributed by atoms with Crippen LogP contribution in [0.4, 0.5) is 0 Å². The number of nitrogens with two attached hydrogens (primary N) is 1. The summed E-state index contributed by atoms with van der Waals surface area (Å²) in [6.45, 7) is 11.7. The molecule has 1 atom stereocenters. The van der Waals surface area contributed by atoms with E-state index in [2.05, 4.69) is 50.8 Å². The van der Waals surface area contributed by atoms with Crippen LogP contribution in [0.2, 0.25) is 0 Å². The highest BCUT2D eigenvalue weighted by atomic mass is 16.5. The Morgan fingerprint density at radius 1 is 1.35 bits per heavy atom. The van der Waals surface area contributed by atoms with Gasteiger partial charge in [-0.2, -0.15) is 0 Å². The highest BCUT2D eigenvalue weighted by molar-refractivity contribution is 5.33. The summed E-state index contributed by atoms with van der Waals surface area (Å²) in [4.78, 5) is 2.49. The number of hydrogen-bond acceptors (Lipinski definition) is 3. The van der Waals surface area contributed by atoms with Crippen LogP contribution < -0.4 is 10.5 Å². The van der Waals surface area contributed by atoms with Crippen molar-refractivity contribution in [1.29, 1.82) is 0 Å². The Bertz CT molecular complexity index is 442. The van der Waals surface area contributed by atoms with Crippen molar-refractivity contribution < 1.29 is 4.74 Å². The first-order valence-corrected chi connectivity index (χ1v) is 7.61. The van der Waals surface area contributed by atoms with Crippen LogP contribution in [0.5, 0.6) is 5.75 Å². The first-order chi connectivity index (χ1) is 9.38. The number of piperidine rings is 1. The molecule has 2 N–H and O–H groups in total. The third-order valence-corrected chi connectivity index (χ3v) is 4.12. The molecule has 1 aliphatic heterocycles. The second kappa shape index (κ2) is 6.15. The van der Waals surface area contributed by atoms with E-state index in [1.165, 1.54) is 5.56 Å². The van der Waals surface area contributed by atoms with Gasteiger partial charge in [0.05, 0.1) is 6.10 Å². The van der Waals surface area contributed by atoms with E-state index in [1.54, 1.807) is 0 Å². The first-order valence-electron chi connectivity index (χ1n) is 7.61. The molecule has 0 aliphatic carbocycles. The maximum absolute atomic E-state index is 6.21. The van der Waals surface area contributed by atoms with E-state index in [4.69, 9.17) is 10.5 Å². The summed E-state index contributed by atoms with van der Waals surface area (Å²) >= 11 is 0. The summed E-state index contributed by atoms with van der Waals surface area (Å²) in [5.41, 5.74) is 7.67. The molecule has 0 saturated carbocycles. The van der Waals surface area contributed by atoms with Crippen molar-refractivity contribution in [3.63, 3.8) is 0 Å². The number of hydrogen-bond donors (Lipinski definition) is 1. The molecule has 1 fully saturated rings. The van der Waals surface area contributed by atoms with Crippen LogP contribution in [0.15, 0.2) is 24.3 Å². The number of para-hydroxylation sites is 1. The van der Waals surface area contributed by atoms with Crippen LogP contribution in [-0.4, -0.2) is 30.1 Å². The van der Waals surface area contributed by atoms with Crippen molar-refractivity contribution in [2.75, 3.05) is 13.1 Å². The molecule has 0 amide bonds. The standard InChI is InChI=1S/C17H28N2O/c1-13(2)20-15-8-6-5-7-14(15)11-19-10-9-16(18)17(3,4)12-19/h5-8,13,16H,9-12,18H2,1-4H3. The second-order valence-electron chi connectivity index (χ2n) is 6.87. The molecule has 1 aromatic rings. The van der Waals surface area contributed by atoms with Gasteiger partial charge in [0.15, 0.2) is 0 Å². The number of likely N-dealkylation sites (tertiary alicyclic amines) is 1. The lowest BCUT2D eigenvalue weighted by Gasteiger charge is -2.42. The maximum atomic E-state index is 6.21. The minimum Gasteiger partial charge on any atom is -0.491 e. The molecular formula is C17H28N2O. The summed E-state index contributed by atoms with van der Waals surface area (Å²) in [7, 11) is 0. The van der Waals surface area contributed by atoms with Crippen molar-refractivity contribution in [3.8, 4) is 5.75 Å². The van der Waals surface area contributed by atoms with Crippen LogP contribution in [0, 0.1) is 5.41 Å². The molecule has 1 unspecified atom stereocenters. The number of nitrogens with zero attached hydrogens (tertiary/aromatic N) is 1. The second-order valence-corrected chi connectivity index (χ2v) is 6.87. The van der Waals surface area contributed by atoms with Crippen LogP contribution in [-0.2, 0) is 6.54 Å². The molecule has 1 saturated heterocycles. The zero-order valence-electron chi connectivity index (χ0n) is 13.2. The van der Waals surface area contributed by atoms with Gasteiger partial charge in [-0.25, -0.2) is 0 Å². The zero-order chi connectivity index (χ0) is 14.8. The fourth-order valence-corrected chi connectivity index (χ4v) is 2.86. The predicted molar refractivity (Wildman–Crippen MR) is 83.9 cm³/mol. The molecule has 3 heteroatoms. The Morgan fingerprint density at radius 2 is 2.05 bits per heavy atom. The van der Waals surface area contributed by atoms with Gasteiger partial charge in [0.1, 0.15) is 5.75 Å². The van der Waals surface area contributed by atoms with Crippen molar-refractivity contribution in [2.24, 2.45) is 11.1 Å². The Hall–Kier alpha value is -1.06. The Balaban J connectivity index is 2.07. The van der Waals surface area contributed by atoms with Crippen LogP contribution in [0.1, 0.15) is 39.7 Å². The van der Waals surface area contributed by atoms with E-state index in [9.17, 15) is 0 Å². The van der Waals surface area contributed by atoms with Gasteiger partial charge in [0.2, 0.25) is 0 Å². The van der Waals surface area contributed by atoms with Gasteiger partial charge in [-0.1, -0.05) is 32.0 Å². The normalized spacial score (nSPS) is 23.0. The molecule has 0 radical (unpaired) electrons. The highest BCUT2D eigenvalue weighted by Crippen LogP contribution is 2.30. The van der Waals surface area contributed by atoms with E-state index in [1.807, 2.05) is 6.07 Å². The smallest absolute Gasteiger partial charge is 0.124 e. The summed E-state index contributed by atoms with van der Waals surface area (Å²) in [6.07, 6.45) is 1.28. The number of rotatable bonds is 4. The molecule has 20 heavy (non-hydrogen) atoms. The van der Waals surface area contributed by atoms with Crippen molar-refractivity contribution in [3.05, 3.63) is 29.8 Å². The summed E-state index contributed by atoms with van der Waals surface area (Å²) in [5, 5.41) is 0. The van der Waals surface area contributed by atoms with E-state index in [0.29, 0.717) is 6.04 Å². The predicted octanol–water partition coefficient (Wildman–Crippen LogP) is 3.03. The van der Waals surface area contributed by atoms with Gasteiger partial charge < -0.3 is 10.5 Å². The molecule has 112 valence electrons. The minimum absolute atomic E-state index is 0.187. The Kier molecular flexibility index (Phi) is 4.71. The van der Waals surface area contributed by atoms with Gasteiger partial charge in [-0.15, -0.1) is 0 Å². The van der Waals surface area contributed by atoms with Crippen molar-refractivity contribution in [2.45, 2.75) is 52.8 Å². The SMILES string of the molecule is CC(C)Oc1ccccc1CN1CCC(N)C(C)(C)C1. The molecule has 3 nitrogen and oxygen atoms in total. The van der Waals surface area contributed by atoms with Gasteiger partial charge in [0.25, 0.3) is 0 Å². The molecule has 2 rings (SSSR count). The maximum Gasteiger partial charge on any atom is 0.124 e. The average molecular weight is 276 g/mol. The van der Waals surface area contributed by atoms with Crippen LogP contribution >= 0.6 is 0 Å². The van der Waals surface area contributed by atoms with E-state index < -0.39 is 0 Å². The quantitative estimate of drug-likeness (QED) is 0.918. The summed E-state index contributed by atoms with van der Waals surface area (Å²) in [6, 6.07) is 8.66. The average Bonchev–Trinajstić information content (AvgIpc) is 2.35. The molecule has 0 bridgehead atoms. The number of benzene rings is 1. The highest BCUT2D eigenvalue weighted by Gasteiger charge is 2.33. The third-order valence-electron chi connectivity index (χ3n) is 4.12. The molecule has 0 spiro atoms. The van der Waals surface area contributed by atoms with Crippen molar-refractivity contribution in [1.82, 2.24) is 4.90 Å². The lowest BCUT2D eigenvalue weighted by molar-refractivity contribution is 0.0886. The van der Waals surface area contributed by atoms with E-state index in [0.717, 1.165) is 31.8 Å². The van der Waals surface area contributed by atoms with E-state index >= 15 is 0 Å². The fourth-order valence-electron chi connectivity index (χ4n) is 2.86. The fraction of sp³-hybridized carbons (Fsp3) is 0.647. The molecule has 1 aliphatic rings. The van der Waals surface area contributed by atoms with Crippen LogP contribution in [0.3, 0.4) is 0 Å². The first kappa shape index (κ1) is 15.3. The molecule has 0 aromatic heterocycles. The zero-order valence-corrected chi connectivity index (χ0v) is 13.2.